The largest absolute Gasteiger partial charge is 0.486 e. The van der Waals surface area contributed by atoms with Crippen LogP contribution in [0.25, 0.3) is 0 Å². The van der Waals surface area contributed by atoms with Crippen LogP contribution in [0.3, 0.4) is 0 Å². The van der Waals surface area contributed by atoms with E-state index < -0.39 is 0 Å². The summed E-state index contributed by atoms with van der Waals surface area (Å²) in [4.78, 5) is 2.47. The SMILES string of the molecule is Cc1ccc(C2c3c(C)c(N4Cc5cc(Cl)c(Cl)cc5C4)c(C)c(C)c3OC2(C)C)cc1. The third-order valence-electron chi connectivity index (χ3n) is 7.30. The van der Waals surface area contributed by atoms with E-state index in [0.717, 1.165) is 18.8 Å². The van der Waals surface area contributed by atoms with Crippen LogP contribution in [0, 0.1) is 27.7 Å². The second-order valence-electron chi connectivity index (χ2n) is 9.91. The first-order valence-corrected chi connectivity index (χ1v) is 11.9. The minimum atomic E-state index is -0.312. The van der Waals surface area contributed by atoms with E-state index in [0.29, 0.717) is 10.0 Å². The Balaban J connectivity index is 1.66. The first-order valence-electron chi connectivity index (χ1n) is 11.2. The second kappa shape index (κ2) is 7.43. The smallest absolute Gasteiger partial charge is 0.127 e. The molecular weight excluding hydrogens is 437 g/mol. The molecule has 4 heteroatoms. The van der Waals surface area contributed by atoms with Gasteiger partial charge in [0.25, 0.3) is 0 Å². The highest BCUT2D eigenvalue weighted by molar-refractivity contribution is 6.42. The van der Waals surface area contributed by atoms with E-state index in [4.69, 9.17) is 27.9 Å². The van der Waals surface area contributed by atoms with Crippen molar-refractivity contribution >= 4 is 28.9 Å². The predicted octanol–water partition coefficient (Wildman–Crippen LogP) is 8.05. The quantitative estimate of drug-likeness (QED) is 0.379. The van der Waals surface area contributed by atoms with Gasteiger partial charge in [0.1, 0.15) is 11.4 Å². The molecule has 166 valence electrons. The first-order chi connectivity index (χ1) is 15.1. The topological polar surface area (TPSA) is 12.5 Å². The summed E-state index contributed by atoms with van der Waals surface area (Å²) in [6.07, 6.45) is 0. The molecule has 0 spiro atoms. The normalized spacial score (nSPS) is 18.5. The van der Waals surface area contributed by atoms with Crippen LogP contribution in [-0.2, 0) is 13.1 Å². The summed E-state index contributed by atoms with van der Waals surface area (Å²) in [5.74, 6) is 1.24. The van der Waals surface area contributed by atoms with Crippen LogP contribution in [0.1, 0.15) is 64.3 Å². The number of fused-ring (bicyclic) bond motifs is 2. The Bertz CT molecular complexity index is 1210. The summed E-state index contributed by atoms with van der Waals surface area (Å²) < 4.78 is 6.64. The molecule has 0 saturated heterocycles. The molecule has 0 aromatic heterocycles. The third-order valence-corrected chi connectivity index (χ3v) is 8.03. The zero-order chi connectivity index (χ0) is 22.9. The van der Waals surface area contributed by atoms with E-state index >= 15 is 0 Å². The molecule has 5 rings (SSSR count). The van der Waals surface area contributed by atoms with Gasteiger partial charge in [0.2, 0.25) is 0 Å². The van der Waals surface area contributed by atoms with Gasteiger partial charge in [-0.3, -0.25) is 0 Å². The number of aryl methyl sites for hydroxylation is 1. The maximum atomic E-state index is 6.64. The molecule has 32 heavy (non-hydrogen) atoms. The summed E-state index contributed by atoms with van der Waals surface area (Å²) in [7, 11) is 0. The van der Waals surface area contributed by atoms with Gasteiger partial charge < -0.3 is 9.64 Å². The average Bonchev–Trinajstić information content (AvgIpc) is 3.25. The number of hydrogen-bond acceptors (Lipinski definition) is 2. The summed E-state index contributed by atoms with van der Waals surface area (Å²) >= 11 is 12.6. The van der Waals surface area contributed by atoms with Gasteiger partial charge in [0.15, 0.2) is 0 Å². The van der Waals surface area contributed by atoms with E-state index in [1.807, 2.05) is 12.1 Å². The van der Waals surface area contributed by atoms with Crippen LogP contribution < -0.4 is 9.64 Å². The molecular formula is C28H29Cl2NO. The Kier molecular flexibility index (Phi) is 5.03. The van der Waals surface area contributed by atoms with Gasteiger partial charge in [-0.15, -0.1) is 0 Å². The number of ether oxygens (including phenoxy) is 1. The lowest BCUT2D eigenvalue weighted by Gasteiger charge is -2.28. The molecule has 2 aliphatic rings. The van der Waals surface area contributed by atoms with E-state index in [9.17, 15) is 0 Å². The summed E-state index contributed by atoms with van der Waals surface area (Å²) in [5.41, 5.74) is 11.2. The summed E-state index contributed by atoms with van der Waals surface area (Å²) in [6, 6.07) is 12.9. The number of nitrogens with zero attached hydrogens (tertiary/aromatic N) is 1. The first kappa shape index (κ1) is 21.7. The number of rotatable bonds is 2. The van der Waals surface area contributed by atoms with Crippen LogP contribution in [0.15, 0.2) is 36.4 Å². The van der Waals surface area contributed by atoms with Crippen molar-refractivity contribution < 1.29 is 4.74 Å². The second-order valence-corrected chi connectivity index (χ2v) is 10.7. The van der Waals surface area contributed by atoms with Crippen molar-refractivity contribution in [2.75, 3.05) is 4.90 Å². The lowest BCUT2D eigenvalue weighted by atomic mass is 9.78. The minimum Gasteiger partial charge on any atom is -0.486 e. The zero-order valence-electron chi connectivity index (χ0n) is 19.6. The van der Waals surface area contributed by atoms with Gasteiger partial charge in [-0.2, -0.15) is 0 Å². The molecule has 2 heterocycles. The fourth-order valence-corrected chi connectivity index (χ4v) is 6.00. The van der Waals surface area contributed by atoms with Crippen LogP contribution in [-0.4, -0.2) is 5.60 Å². The van der Waals surface area contributed by atoms with Crippen LogP contribution >= 0.6 is 23.2 Å². The monoisotopic (exact) mass is 465 g/mol. The Morgan fingerprint density at radius 3 is 1.97 bits per heavy atom. The van der Waals surface area contributed by atoms with Crippen LogP contribution in [0.2, 0.25) is 10.0 Å². The molecule has 0 radical (unpaired) electrons. The zero-order valence-corrected chi connectivity index (χ0v) is 21.1. The number of hydrogen-bond donors (Lipinski definition) is 0. The molecule has 0 bridgehead atoms. The van der Waals surface area contributed by atoms with Crippen molar-refractivity contribution in [3.05, 3.63) is 91.0 Å². The summed E-state index contributed by atoms with van der Waals surface area (Å²) in [5, 5.41) is 1.25. The van der Waals surface area contributed by atoms with Gasteiger partial charge >= 0.3 is 0 Å². The van der Waals surface area contributed by atoms with Gasteiger partial charge in [0.05, 0.1) is 16.0 Å². The Labute approximate surface area is 201 Å². The van der Waals surface area contributed by atoms with Gasteiger partial charge in [0, 0.05) is 24.3 Å². The van der Waals surface area contributed by atoms with Crippen molar-refractivity contribution in [3.63, 3.8) is 0 Å². The van der Waals surface area contributed by atoms with E-state index in [-0.39, 0.29) is 11.5 Å². The van der Waals surface area contributed by atoms with Gasteiger partial charge in [-0.25, -0.2) is 0 Å². The highest BCUT2D eigenvalue weighted by atomic mass is 35.5. The fourth-order valence-electron chi connectivity index (χ4n) is 5.63. The molecule has 0 fully saturated rings. The lowest BCUT2D eigenvalue weighted by molar-refractivity contribution is 0.121. The minimum absolute atomic E-state index is 0.185. The molecule has 2 nitrogen and oxygen atoms in total. The van der Waals surface area contributed by atoms with Gasteiger partial charge in [-0.05, 0) is 87.1 Å². The summed E-state index contributed by atoms with van der Waals surface area (Å²) in [6.45, 7) is 14.9. The third kappa shape index (κ3) is 3.23. The van der Waals surface area contributed by atoms with E-state index in [1.54, 1.807) is 0 Å². The Hall–Kier alpha value is -2.16. The van der Waals surface area contributed by atoms with Crippen molar-refractivity contribution in [1.82, 2.24) is 0 Å². The molecule has 1 unspecified atom stereocenters. The van der Waals surface area contributed by atoms with E-state index in [1.165, 1.54) is 50.2 Å². The molecule has 2 aliphatic heterocycles. The molecule has 3 aromatic carbocycles. The highest BCUT2D eigenvalue weighted by Gasteiger charge is 2.45. The highest BCUT2D eigenvalue weighted by Crippen LogP contribution is 2.54. The number of halogens is 2. The van der Waals surface area contributed by atoms with Crippen molar-refractivity contribution in [2.24, 2.45) is 0 Å². The molecule has 1 atom stereocenters. The number of anilines is 1. The molecule has 0 N–H and O–H groups in total. The lowest BCUT2D eigenvalue weighted by Crippen LogP contribution is -2.31. The van der Waals surface area contributed by atoms with Gasteiger partial charge in [-0.1, -0.05) is 53.0 Å². The molecule has 0 aliphatic carbocycles. The standard InChI is InChI=1S/C28H29Cl2NO/c1-15-7-9-19(10-8-15)25-24-18(4)26(16(2)17(3)27(24)32-28(25,5)6)31-13-20-11-22(29)23(30)12-21(20)14-31/h7-12,25H,13-14H2,1-6H3. The maximum Gasteiger partial charge on any atom is 0.127 e. The average molecular weight is 466 g/mol. The van der Waals surface area contributed by atoms with Crippen LogP contribution in [0.5, 0.6) is 5.75 Å². The Morgan fingerprint density at radius 2 is 1.41 bits per heavy atom. The Morgan fingerprint density at radius 1 is 0.844 bits per heavy atom. The van der Waals surface area contributed by atoms with Crippen molar-refractivity contribution in [1.29, 1.82) is 0 Å². The fraction of sp³-hybridized carbons (Fsp3) is 0.357. The van der Waals surface area contributed by atoms with E-state index in [2.05, 4.69) is 70.7 Å². The predicted molar refractivity (Wildman–Crippen MR) is 135 cm³/mol. The molecule has 3 aromatic rings. The van der Waals surface area contributed by atoms with Crippen molar-refractivity contribution in [3.8, 4) is 5.75 Å². The number of benzene rings is 3. The molecule has 0 saturated carbocycles. The van der Waals surface area contributed by atoms with Crippen LogP contribution in [0.4, 0.5) is 5.69 Å². The van der Waals surface area contributed by atoms with Crippen molar-refractivity contribution in [2.45, 2.75) is 66.2 Å². The molecule has 0 amide bonds. The maximum absolute atomic E-state index is 6.64.